The average molecular weight is 313 g/mol. The van der Waals surface area contributed by atoms with Crippen molar-refractivity contribution in [2.75, 3.05) is 11.1 Å². The number of carbonyl (C=O) groups is 1. The number of benzene rings is 2. The van der Waals surface area contributed by atoms with Crippen molar-refractivity contribution in [3.05, 3.63) is 57.3 Å². The van der Waals surface area contributed by atoms with E-state index in [1.165, 1.54) is 24.3 Å². The zero-order valence-electron chi connectivity index (χ0n) is 10.5. The minimum absolute atomic E-state index is 0.0969. The molecule has 0 aromatic heterocycles. The SMILES string of the molecule is Cc1ccc(F)c(NC(=O)c2cc(N)c(Cl)c(Cl)c2)c1. The van der Waals surface area contributed by atoms with Crippen LogP contribution < -0.4 is 11.1 Å². The monoisotopic (exact) mass is 312 g/mol. The normalized spacial score (nSPS) is 10.4. The van der Waals surface area contributed by atoms with Crippen molar-refractivity contribution in [2.24, 2.45) is 0 Å². The molecule has 0 aliphatic carbocycles. The number of halogens is 3. The van der Waals surface area contributed by atoms with Gasteiger partial charge in [-0.1, -0.05) is 29.3 Å². The molecule has 2 aromatic carbocycles. The van der Waals surface area contributed by atoms with Crippen LogP contribution in [0.25, 0.3) is 0 Å². The van der Waals surface area contributed by atoms with Gasteiger partial charge in [0.2, 0.25) is 0 Å². The highest BCUT2D eigenvalue weighted by Gasteiger charge is 2.13. The number of aryl methyl sites for hydroxylation is 1. The molecule has 0 aliphatic rings. The van der Waals surface area contributed by atoms with Crippen LogP contribution in [0.1, 0.15) is 15.9 Å². The first-order valence-corrected chi connectivity index (χ1v) is 6.46. The molecule has 2 rings (SSSR count). The highest BCUT2D eigenvalue weighted by atomic mass is 35.5. The van der Waals surface area contributed by atoms with Crippen LogP contribution in [0.2, 0.25) is 10.0 Å². The van der Waals surface area contributed by atoms with Gasteiger partial charge in [-0.15, -0.1) is 0 Å². The Morgan fingerprint density at radius 1 is 1.25 bits per heavy atom. The van der Waals surface area contributed by atoms with E-state index in [1.807, 2.05) is 0 Å². The number of amides is 1. The number of nitrogen functional groups attached to an aromatic ring is 1. The maximum atomic E-state index is 13.6. The first-order chi connectivity index (χ1) is 9.38. The van der Waals surface area contributed by atoms with Gasteiger partial charge in [-0.25, -0.2) is 4.39 Å². The van der Waals surface area contributed by atoms with E-state index >= 15 is 0 Å². The number of anilines is 2. The largest absolute Gasteiger partial charge is 0.397 e. The summed E-state index contributed by atoms with van der Waals surface area (Å²) >= 11 is 11.7. The molecule has 0 unspecified atom stereocenters. The Morgan fingerprint density at radius 2 is 1.95 bits per heavy atom. The molecule has 6 heteroatoms. The number of hydrogen-bond donors (Lipinski definition) is 2. The standard InChI is InChI=1S/C14H11Cl2FN2O/c1-7-2-3-10(17)12(4-7)19-14(20)8-5-9(15)13(16)11(18)6-8/h2-6H,18H2,1H3,(H,19,20). The Kier molecular flexibility index (Phi) is 4.16. The summed E-state index contributed by atoms with van der Waals surface area (Å²) < 4.78 is 13.6. The number of nitrogens with two attached hydrogens (primary N) is 1. The molecule has 0 atom stereocenters. The molecule has 20 heavy (non-hydrogen) atoms. The minimum atomic E-state index is -0.517. The van der Waals surface area contributed by atoms with Gasteiger partial charge in [0, 0.05) is 5.56 Å². The molecule has 104 valence electrons. The smallest absolute Gasteiger partial charge is 0.255 e. The van der Waals surface area contributed by atoms with Crippen molar-refractivity contribution in [3.63, 3.8) is 0 Å². The van der Waals surface area contributed by atoms with Crippen LogP contribution in [0.3, 0.4) is 0 Å². The van der Waals surface area contributed by atoms with Crippen LogP contribution in [0.5, 0.6) is 0 Å². The summed E-state index contributed by atoms with van der Waals surface area (Å²) in [6.45, 7) is 1.80. The molecule has 3 nitrogen and oxygen atoms in total. The summed E-state index contributed by atoms with van der Waals surface area (Å²) in [6.07, 6.45) is 0. The summed E-state index contributed by atoms with van der Waals surface area (Å²) in [5.74, 6) is -1.03. The maximum absolute atomic E-state index is 13.6. The molecule has 1 amide bonds. The minimum Gasteiger partial charge on any atom is -0.397 e. The lowest BCUT2D eigenvalue weighted by atomic mass is 10.1. The second kappa shape index (κ2) is 5.69. The van der Waals surface area contributed by atoms with Crippen LogP contribution in [-0.2, 0) is 0 Å². The topological polar surface area (TPSA) is 55.1 Å². The van der Waals surface area contributed by atoms with E-state index in [9.17, 15) is 9.18 Å². The molecule has 0 heterocycles. The molecular formula is C14H11Cl2FN2O. The molecule has 0 spiro atoms. The van der Waals surface area contributed by atoms with E-state index in [2.05, 4.69) is 5.32 Å². The quantitative estimate of drug-likeness (QED) is 0.813. The second-order valence-corrected chi connectivity index (χ2v) is 5.08. The summed E-state index contributed by atoms with van der Waals surface area (Å²) in [5, 5.41) is 2.82. The van der Waals surface area contributed by atoms with Gasteiger partial charge in [-0.05, 0) is 36.8 Å². The van der Waals surface area contributed by atoms with E-state index < -0.39 is 11.7 Å². The van der Waals surface area contributed by atoms with E-state index in [-0.39, 0.29) is 27.0 Å². The molecule has 0 radical (unpaired) electrons. The van der Waals surface area contributed by atoms with Crippen molar-refractivity contribution in [3.8, 4) is 0 Å². The molecule has 0 aliphatic heterocycles. The summed E-state index contributed by atoms with van der Waals surface area (Å²) in [6, 6.07) is 7.20. The first kappa shape index (κ1) is 14.6. The number of hydrogen-bond acceptors (Lipinski definition) is 2. The number of nitrogens with one attached hydrogen (secondary N) is 1. The highest BCUT2D eigenvalue weighted by molar-refractivity contribution is 6.44. The van der Waals surface area contributed by atoms with E-state index in [0.29, 0.717) is 0 Å². The van der Waals surface area contributed by atoms with Crippen LogP contribution in [0.15, 0.2) is 30.3 Å². The van der Waals surface area contributed by atoms with Gasteiger partial charge >= 0.3 is 0 Å². The van der Waals surface area contributed by atoms with E-state index in [1.54, 1.807) is 13.0 Å². The van der Waals surface area contributed by atoms with E-state index in [4.69, 9.17) is 28.9 Å². The summed E-state index contributed by atoms with van der Waals surface area (Å²) in [5.41, 5.74) is 6.96. The van der Waals surface area contributed by atoms with Gasteiger partial charge in [-0.2, -0.15) is 0 Å². The van der Waals surface area contributed by atoms with Gasteiger partial charge in [0.25, 0.3) is 5.91 Å². The van der Waals surface area contributed by atoms with Crippen molar-refractivity contribution < 1.29 is 9.18 Å². The highest BCUT2D eigenvalue weighted by Crippen LogP contribution is 2.29. The fourth-order valence-corrected chi connectivity index (χ4v) is 2.01. The van der Waals surface area contributed by atoms with Crippen molar-refractivity contribution >= 4 is 40.5 Å². The van der Waals surface area contributed by atoms with Gasteiger partial charge in [0.1, 0.15) is 5.82 Å². The fourth-order valence-electron chi connectivity index (χ4n) is 1.67. The maximum Gasteiger partial charge on any atom is 0.255 e. The van der Waals surface area contributed by atoms with Crippen LogP contribution >= 0.6 is 23.2 Å². The lowest BCUT2D eigenvalue weighted by Gasteiger charge is -2.09. The molecule has 3 N–H and O–H groups in total. The van der Waals surface area contributed by atoms with Crippen molar-refractivity contribution in [2.45, 2.75) is 6.92 Å². The zero-order chi connectivity index (χ0) is 14.9. The summed E-state index contributed by atoms with van der Waals surface area (Å²) in [4.78, 5) is 12.1. The summed E-state index contributed by atoms with van der Waals surface area (Å²) in [7, 11) is 0. The third-order valence-corrected chi connectivity index (χ3v) is 3.51. The molecule has 0 bridgehead atoms. The van der Waals surface area contributed by atoms with Gasteiger partial charge in [0.05, 0.1) is 21.4 Å². The molecule has 2 aromatic rings. The molecule has 0 fully saturated rings. The number of rotatable bonds is 2. The van der Waals surface area contributed by atoms with Crippen LogP contribution in [-0.4, -0.2) is 5.91 Å². The van der Waals surface area contributed by atoms with Crippen LogP contribution in [0.4, 0.5) is 15.8 Å². The molecule has 0 saturated heterocycles. The second-order valence-electron chi connectivity index (χ2n) is 4.30. The molecular weight excluding hydrogens is 302 g/mol. The van der Waals surface area contributed by atoms with Crippen molar-refractivity contribution in [1.29, 1.82) is 0 Å². The number of carbonyl (C=O) groups excluding carboxylic acids is 1. The van der Waals surface area contributed by atoms with Crippen molar-refractivity contribution in [1.82, 2.24) is 0 Å². The van der Waals surface area contributed by atoms with Gasteiger partial charge < -0.3 is 11.1 Å². The average Bonchev–Trinajstić information content (AvgIpc) is 2.39. The third-order valence-electron chi connectivity index (χ3n) is 2.69. The van der Waals surface area contributed by atoms with Gasteiger partial charge in [-0.3, -0.25) is 4.79 Å². The lowest BCUT2D eigenvalue weighted by molar-refractivity contribution is 0.102. The predicted molar refractivity (Wildman–Crippen MR) is 80.0 cm³/mol. The lowest BCUT2D eigenvalue weighted by Crippen LogP contribution is -2.13. The Labute approximate surface area is 125 Å². The Morgan fingerprint density at radius 3 is 2.60 bits per heavy atom. The fraction of sp³-hybridized carbons (Fsp3) is 0.0714. The van der Waals surface area contributed by atoms with E-state index in [0.717, 1.165) is 5.56 Å². The molecule has 0 saturated carbocycles. The Bertz CT molecular complexity index is 666. The zero-order valence-corrected chi connectivity index (χ0v) is 12.0. The first-order valence-electron chi connectivity index (χ1n) is 5.70. The predicted octanol–water partition coefficient (Wildman–Crippen LogP) is 4.28. The third kappa shape index (κ3) is 3.03. The van der Waals surface area contributed by atoms with Crippen LogP contribution in [0, 0.1) is 12.7 Å². The Hall–Kier alpha value is -1.78. The van der Waals surface area contributed by atoms with Gasteiger partial charge in [0.15, 0.2) is 0 Å². The Balaban J connectivity index is 2.31.